The highest BCUT2D eigenvalue weighted by molar-refractivity contribution is 7.97. The van der Waals surface area contributed by atoms with Crippen molar-refractivity contribution >= 4 is 23.1 Å². The van der Waals surface area contributed by atoms with E-state index in [1.165, 1.54) is 0 Å². The van der Waals surface area contributed by atoms with Crippen LogP contribution in [0.5, 0.6) is 0 Å². The maximum atomic E-state index is 11.8. The Morgan fingerprint density at radius 1 is 1.25 bits per heavy atom. The fraction of sp³-hybridized carbons (Fsp3) is 0.125. The van der Waals surface area contributed by atoms with Crippen LogP contribution in [-0.2, 0) is 0 Å². The van der Waals surface area contributed by atoms with Crippen LogP contribution >= 0.6 is 11.9 Å². The van der Waals surface area contributed by atoms with Gasteiger partial charge in [0.25, 0.3) is 5.56 Å². The number of nitrogens with zero attached hydrogens (tertiary/aromatic N) is 1. The molecule has 8 heteroatoms. The van der Waals surface area contributed by atoms with Crippen molar-refractivity contribution in [2.75, 3.05) is 5.75 Å². The van der Waals surface area contributed by atoms with Crippen molar-refractivity contribution in [3.8, 4) is 0 Å². The Balaban J connectivity index is 2.75. The smallest absolute Gasteiger partial charge is 0.300 e. The Labute approximate surface area is 92.3 Å². The van der Waals surface area contributed by atoms with E-state index in [9.17, 15) is 14.4 Å². The standard InChI is InChI=1S/C8H8N4O3S/c1-2-3-16-12-6(13)4-5(11-8(12)15)10-7(14)9-4/h2H,1,3H2,(H,11,15)(H2,9,10,14). The highest BCUT2D eigenvalue weighted by atomic mass is 32.2. The lowest BCUT2D eigenvalue weighted by molar-refractivity contribution is 1.01. The lowest BCUT2D eigenvalue weighted by Crippen LogP contribution is -2.31. The van der Waals surface area contributed by atoms with E-state index >= 15 is 0 Å². The zero-order valence-corrected chi connectivity index (χ0v) is 8.89. The van der Waals surface area contributed by atoms with Crippen LogP contribution < -0.4 is 16.9 Å². The van der Waals surface area contributed by atoms with Gasteiger partial charge in [-0.05, 0) is 11.9 Å². The van der Waals surface area contributed by atoms with Crippen molar-refractivity contribution in [2.45, 2.75) is 0 Å². The van der Waals surface area contributed by atoms with E-state index in [2.05, 4.69) is 21.5 Å². The number of H-pyrrole nitrogens is 3. The average Bonchev–Trinajstić information content (AvgIpc) is 2.59. The first-order valence-corrected chi connectivity index (χ1v) is 5.29. The molecule has 0 amide bonds. The highest BCUT2D eigenvalue weighted by Crippen LogP contribution is 2.00. The van der Waals surface area contributed by atoms with Crippen molar-refractivity contribution in [2.24, 2.45) is 0 Å². The third-order valence-corrected chi connectivity index (χ3v) is 2.84. The van der Waals surface area contributed by atoms with E-state index < -0.39 is 16.9 Å². The van der Waals surface area contributed by atoms with E-state index in [-0.39, 0.29) is 11.2 Å². The number of rotatable bonds is 3. The molecule has 0 saturated heterocycles. The molecule has 0 spiro atoms. The van der Waals surface area contributed by atoms with Gasteiger partial charge in [-0.2, -0.15) is 3.97 Å². The molecule has 0 fully saturated rings. The van der Waals surface area contributed by atoms with Gasteiger partial charge in [-0.25, -0.2) is 9.59 Å². The van der Waals surface area contributed by atoms with Crippen molar-refractivity contribution in [1.82, 2.24) is 18.9 Å². The molecule has 0 atom stereocenters. The van der Waals surface area contributed by atoms with Crippen LogP contribution in [0, 0.1) is 0 Å². The molecule has 16 heavy (non-hydrogen) atoms. The van der Waals surface area contributed by atoms with Crippen LogP contribution in [0.2, 0.25) is 0 Å². The molecule has 0 bridgehead atoms. The first-order chi connectivity index (χ1) is 7.63. The molecule has 0 saturated carbocycles. The average molecular weight is 240 g/mol. The molecule has 3 N–H and O–H groups in total. The van der Waals surface area contributed by atoms with Gasteiger partial charge >= 0.3 is 11.4 Å². The Morgan fingerprint density at radius 3 is 2.69 bits per heavy atom. The third-order valence-electron chi connectivity index (χ3n) is 1.86. The van der Waals surface area contributed by atoms with Gasteiger partial charge in [0.1, 0.15) is 5.65 Å². The molecular weight excluding hydrogens is 232 g/mol. The fourth-order valence-corrected chi connectivity index (χ4v) is 1.86. The predicted molar refractivity (Wildman–Crippen MR) is 61.9 cm³/mol. The fourth-order valence-electron chi connectivity index (χ4n) is 1.23. The molecule has 84 valence electrons. The minimum absolute atomic E-state index is 0.0566. The molecule has 0 aliphatic rings. The zero-order valence-electron chi connectivity index (χ0n) is 8.07. The van der Waals surface area contributed by atoms with E-state index in [1.54, 1.807) is 6.08 Å². The molecule has 2 heterocycles. The summed E-state index contributed by atoms with van der Waals surface area (Å²) in [4.78, 5) is 41.3. The van der Waals surface area contributed by atoms with Crippen LogP contribution in [0.4, 0.5) is 0 Å². The summed E-state index contributed by atoms with van der Waals surface area (Å²) in [5.41, 5.74) is -1.51. The quantitative estimate of drug-likeness (QED) is 0.622. The van der Waals surface area contributed by atoms with E-state index in [0.717, 1.165) is 15.9 Å². The van der Waals surface area contributed by atoms with Crippen LogP contribution in [0.25, 0.3) is 11.2 Å². The summed E-state index contributed by atoms with van der Waals surface area (Å²) >= 11 is 1.00. The van der Waals surface area contributed by atoms with E-state index in [0.29, 0.717) is 5.75 Å². The van der Waals surface area contributed by atoms with Gasteiger partial charge in [-0.15, -0.1) is 6.58 Å². The number of imidazole rings is 1. The first kappa shape index (κ1) is 10.6. The number of fused-ring (bicyclic) bond motifs is 1. The van der Waals surface area contributed by atoms with Crippen molar-refractivity contribution < 1.29 is 0 Å². The van der Waals surface area contributed by atoms with Gasteiger partial charge in [-0.1, -0.05) is 6.08 Å². The van der Waals surface area contributed by atoms with Crippen molar-refractivity contribution in [1.29, 1.82) is 0 Å². The minimum atomic E-state index is -0.584. The van der Waals surface area contributed by atoms with Gasteiger partial charge in [0.05, 0.1) is 0 Å². The molecule has 7 nitrogen and oxygen atoms in total. The number of nitrogens with one attached hydrogen (secondary N) is 3. The Hall–Kier alpha value is -1.96. The summed E-state index contributed by atoms with van der Waals surface area (Å²) in [6.45, 7) is 3.49. The molecular formula is C8H8N4O3S. The molecule has 2 aromatic rings. The van der Waals surface area contributed by atoms with Gasteiger partial charge in [0.2, 0.25) is 0 Å². The zero-order chi connectivity index (χ0) is 11.7. The number of aromatic nitrogens is 4. The van der Waals surface area contributed by atoms with Gasteiger partial charge < -0.3 is 0 Å². The first-order valence-electron chi connectivity index (χ1n) is 4.35. The Morgan fingerprint density at radius 2 is 2.00 bits per heavy atom. The lowest BCUT2D eigenvalue weighted by atomic mass is 10.5. The molecule has 2 aromatic heterocycles. The normalized spacial score (nSPS) is 10.8. The van der Waals surface area contributed by atoms with Gasteiger partial charge in [0.15, 0.2) is 5.52 Å². The lowest BCUT2D eigenvalue weighted by Gasteiger charge is -1.99. The van der Waals surface area contributed by atoms with Gasteiger partial charge in [0, 0.05) is 5.75 Å². The Kier molecular flexibility index (Phi) is 2.57. The molecule has 0 aromatic carbocycles. The summed E-state index contributed by atoms with van der Waals surface area (Å²) in [7, 11) is 0. The number of hydrogen-bond acceptors (Lipinski definition) is 4. The van der Waals surface area contributed by atoms with Gasteiger partial charge in [-0.3, -0.25) is 19.7 Å². The Bertz CT molecular complexity index is 704. The largest absolute Gasteiger partial charge is 0.340 e. The summed E-state index contributed by atoms with van der Waals surface area (Å²) in [5.74, 6) is 0.420. The molecule has 0 unspecified atom stereocenters. The second kappa shape index (κ2) is 3.89. The van der Waals surface area contributed by atoms with Crippen LogP contribution in [-0.4, -0.2) is 24.7 Å². The summed E-state index contributed by atoms with van der Waals surface area (Å²) < 4.78 is 0.938. The predicted octanol–water partition coefficient (Wildman–Crippen LogP) is -0.612. The van der Waals surface area contributed by atoms with Crippen molar-refractivity contribution in [3.63, 3.8) is 0 Å². The van der Waals surface area contributed by atoms with E-state index in [4.69, 9.17) is 0 Å². The van der Waals surface area contributed by atoms with Crippen LogP contribution in [0.15, 0.2) is 27.0 Å². The number of hydrogen-bond donors (Lipinski definition) is 3. The summed E-state index contributed by atoms with van der Waals surface area (Å²) in [6, 6.07) is 0. The van der Waals surface area contributed by atoms with Crippen molar-refractivity contribution in [3.05, 3.63) is 44.0 Å². The maximum absolute atomic E-state index is 11.8. The topological polar surface area (TPSA) is 104 Å². The molecule has 0 aliphatic heterocycles. The maximum Gasteiger partial charge on any atom is 0.340 e. The summed E-state index contributed by atoms with van der Waals surface area (Å²) in [6.07, 6.45) is 1.57. The second-order valence-corrected chi connectivity index (χ2v) is 3.90. The third kappa shape index (κ3) is 1.63. The van der Waals surface area contributed by atoms with E-state index in [1.807, 2.05) is 0 Å². The summed E-state index contributed by atoms with van der Waals surface area (Å²) in [5, 5.41) is 0. The molecule has 0 aliphatic carbocycles. The van der Waals surface area contributed by atoms with Crippen LogP contribution in [0.3, 0.4) is 0 Å². The SMILES string of the molecule is C=CCSn1c(=O)[nH]c2[nH]c(=O)[nH]c2c1=O. The minimum Gasteiger partial charge on any atom is -0.300 e. The number of aromatic amines is 3. The molecule has 0 radical (unpaired) electrons. The second-order valence-electron chi connectivity index (χ2n) is 2.94. The monoisotopic (exact) mass is 240 g/mol. The highest BCUT2D eigenvalue weighted by Gasteiger charge is 2.09. The molecule has 2 rings (SSSR count). The van der Waals surface area contributed by atoms with Crippen LogP contribution in [0.1, 0.15) is 0 Å².